The Morgan fingerprint density at radius 2 is 1.70 bits per heavy atom. The van der Waals surface area contributed by atoms with E-state index in [0.29, 0.717) is 26.2 Å². The van der Waals surface area contributed by atoms with E-state index in [9.17, 15) is 22.0 Å². The van der Waals surface area contributed by atoms with Crippen molar-refractivity contribution >= 4 is 24.8 Å². The number of ether oxygens (including phenoxy) is 1. The lowest BCUT2D eigenvalue weighted by Crippen LogP contribution is -2.46. The first-order chi connectivity index (χ1) is 9.87. The van der Waals surface area contributed by atoms with Crippen molar-refractivity contribution in [1.82, 2.24) is 10.2 Å². The molecule has 1 fully saturated rings. The summed E-state index contributed by atoms with van der Waals surface area (Å²) >= 11 is 0. The minimum Gasteiger partial charge on any atom is -0.406 e. The number of benzene rings is 1. The van der Waals surface area contributed by atoms with Gasteiger partial charge < -0.3 is 10.1 Å². The maximum Gasteiger partial charge on any atom is 0.573 e. The first kappa shape index (κ1) is 22.2. The van der Waals surface area contributed by atoms with Crippen LogP contribution in [-0.2, 0) is 0 Å². The van der Waals surface area contributed by atoms with Gasteiger partial charge in [0.25, 0.3) is 6.43 Å². The molecule has 0 bridgehead atoms. The van der Waals surface area contributed by atoms with E-state index in [-0.39, 0.29) is 30.4 Å². The number of alkyl halides is 5. The van der Waals surface area contributed by atoms with E-state index in [4.69, 9.17) is 0 Å². The van der Waals surface area contributed by atoms with Gasteiger partial charge in [0.2, 0.25) is 0 Å². The highest BCUT2D eigenvalue weighted by atomic mass is 35.5. The van der Waals surface area contributed by atoms with Crippen LogP contribution in [0.2, 0.25) is 0 Å². The molecule has 23 heavy (non-hydrogen) atoms. The van der Waals surface area contributed by atoms with Crippen LogP contribution in [0.25, 0.3) is 0 Å². The van der Waals surface area contributed by atoms with Crippen LogP contribution in [0.5, 0.6) is 5.75 Å². The van der Waals surface area contributed by atoms with E-state index in [1.54, 1.807) is 4.90 Å². The molecule has 1 heterocycles. The molecule has 0 unspecified atom stereocenters. The van der Waals surface area contributed by atoms with Crippen molar-refractivity contribution in [2.45, 2.75) is 18.8 Å². The van der Waals surface area contributed by atoms with Gasteiger partial charge in [-0.25, -0.2) is 8.78 Å². The van der Waals surface area contributed by atoms with Crippen LogP contribution < -0.4 is 10.1 Å². The highest BCUT2D eigenvalue weighted by Crippen LogP contribution is 2.31. The van der Waals surface area contributed by atoms with E-state index in [1.807, 2.05) is 0 Å². The standard InChI is InChI=1S/C13H15F5N2O.2ClH/c14-12(15)11(20-6-4-19-5-7-20)9-2-1-3-10(8-9)21-13(16,17)18;;/h1-3,8,11-12,19H,4-7H2;2*1H/t11-;;/m0../s1. The zero-order valence-corrected chi connectivity index (χ0v) is 13.5. The summed E-state index contributed by atoms with van der Waals surface area (Å²) < 4.78 is 67.0. The third-order valence-electron chi connectivity index (χ3n) is 3.22. The quantitative estimate of drug-likeness (QED) is 0.804. The van der Waals surface area contributed by atoms with Crippen molar-refractivity contribution in [1.29, 1.82) is 0 Å². The molecule has 0 spiro atoms. The molecule has 1 aliphatic heterocycles. The van der Waals surface area contributed by atoms with Crippen molar-refractivity contribution in [3.8, 4) is 5.75 Å². The lowest BCUT2D eigenvalue weighted by molar-refractivity contribution is -0.274. The minimum atomic E-state index is -4.84. The van der Waals surface area contributed by atoms with Crippen LogP contribution in [0, 0.1) is 0 Å². The molecule has 1 aliphatic rings. The summed E-state index contributed by atoms with van der Waals surface area (Å²) in [7, 11) is 0. The molecule has 2 rings (SSSR count). The van der Waals surface area contributed by atoms with Crippen LogP contribution >= 0.6 is 24.8 Å². The van der Waals surface area contributed by atoms with Gasteiger partial charge in [-0.2, -0.15) is 0 Å². The molecule has 1 saturated heterocycles. The van der Waals surface area contributed by atoms with Crippen molar-refractivity contribution in [3.63, 3.8) is 0 Å². The summed E-state index contributed by atoms with van der Waals surface area (Å²) in [5, 5.41) is 3.04. The van der Waals surface area contributed by atoms with Crippen LogP contribution in [0.1, 0.15) is 11.6 Å². The lowest BCUT2D eigenvalue weighted by Gasteiger charge is -2.34. The van der Waals surface area contributed by atoms with Gasteiger partial charge in [0, 0.05) is 26.2 Å². The van der Waals surface area contributed by atoms with Crippen LogP contribution in [0.15, 0.2) is 24.3 Å². The van der Waals surface area contributed by atoms with Gasteiger partial charge in [-0.3, -0.25) is 4.90 Å². The third kappa shape index (κ3) is 6.66. The maximum absolute atomic E-state index is 13.3. The monoisotopic (exact) mass is 382 g/mol. The topological polar surface area (TPSA) is 24.5 Å². The molecule has 134 valence electrons. The molecular formula is C13H17Cl2F5N2O. The molecule has 1 N–H and O–H groups in total. The number of nitrogens with one attached hydrogen (secondary N) is 1. The van der Waals surface area contributed by atoms with Gasteiger partial charge in [-0.1, -0.05) is 12.1 Å². The molecule has 0 radical (unpaired) electrons. The summed E-state index contributed by atoms with van der Waals surface area (Å²) in [6.45, 7) is 1.97. The van der Waals surface area contributed by atoms with Crippen molar-refractivity contribution in [2.75, 3.05) is 26.2 Å². The lowest BCUT2D eigenvalue weighted by atomic mass is 10.0. The van der Waals surface area contributed by atoms with Crippen molar-refractivity contribution in [3.05, 3.63) is 29.8 Å². The molecule has 3 nitrogen and oxygen atoms in total. The Hall–Kier alpha value is -0.830. The van der Waals surface area contributed by atoms with E-state index in [1.165, 1.54) is 12.1 Å². The molecule has 1 aromatic rings. The summed E-state index contributed by atoms with van der Waals surface area (Å²) in [6.07, 6.45) is -7.53. The number of piperazine rings is 1. The van der Waals surface area contributed by atoms with Gasteiger partial charge in [0.05, 0.1) is 6.04 Å². The molecular weight excluding hydrogens is 366 g/mol. The fourth-order valence-corrected chi connectivity index (χ4v) is 2.37. The number of rotatable bonds is 4. The number of hydrogen-bond donors (Lipinski definition) is 1. The molecule has 1 atom stereocenters. The van der Waals surface area contributed by atoms with Crippen LogP contribution in [-0.4, -0.2) is 43.9 Å². The predicted molar refractivity (Wildman–Crippen MR) is 80.8 cm³/mol. The Morgan fingerprint density at radius 1 is 1.09 bits per heavy atom. The van der Waals surface area contributed by atoms with Crippen LogP contribution in [0.4, 0.5) is 22.0 Å². The second kappa shape index (κ2) is 9.46. The summed E-state index contributed by atoms with van der Waals surface area (Å²) in [6, 6.07) is 3.56. The Kier molecular flexibility index (Phi) is 9.12. The highest BCUT2D eigenvalue weighted by molar-refractivity contribution is 5.85. The zero-order valence-electron chi connectivity index (χ0n) is 11.9. The molecule has 1 aromatic carbocycles. The average Bonchev–Trinajstić information content (AvgIpc) is 2.38. The Labute approximate surface area is 143 Å². The van der Waals surface area contributed by atoms with E-state index < -0.39 is 24.6 Å². The number of nitrogens with zero attached hydrogens (tertiary/aromatic N) is 1. The molecule has 10 heteroatoms. The number of halogens is 7. The second-order valence-electron chi connectivity index (χ2n) is 4.69. The summed E-state index contributed by atoms with van der Waals surface area (Å²) in [4.78, 5) is 1.56. The van der Waals surface area contributed by atoms with Crippen molar-refractivity contribution in [2.24, 2.45) is 0 Å². The molecule has 0 aromatic heterocycles. The fraction of sp³-hybridized carbons (Fsp3) is 0.538. The van der Waals surface area contributed by atoms with Gasteiger partial charge >= 0.3 is 6.36 Å². The maximum atomic E-state index is 13.3. The first-order valence-electron chi connectivity index (χ1n) is 6.45. The smallest absolute Gasteiger partial charge is 0.406 e. The van der Waals surface area contributed by atoms with Crippen LogP contribution in [0.3, 0.4) is 0 Å². The van der Waals surface area contributed by atoms with E-state index in [0.717, 1.165) is 12.1 Å². The van der Waals surface area contributed by atoms with Gasteiger partial charge in [-0.05, 0) is 17.7 Å². The first-order valence-corrected chi connectivity index (χ1v) is 6.45. The van der Waals surface area contributed by atoms with E-state index >= 15 is 0 Å². The second-order valence-corrected chi connectivity index (χ2v) is 4.69. The van der Waals surface area contributed by atoms with Gasteiger partial charge in [-0.15, -0.1) is 38.0 Å². The van der Waals surface area contributed by atoms with E-state index in [2.05, 4.69) is 10.1 Å². The fourth-order valence-electron chi connectivity index (χ4n) is 2.37. The number of hydrogen-bond acceptors (Lipinski definition) is 3. The zero-order chi connectivity index (χ0) is 15.5. The molecule has 0 amide bonds. The minimum absolute atomic E-state index is 0. The van der Waals surface area contributed by atoms with Gasteiger partial charge in [0.1, 0.15) is 5.75 Å². The van der Waals surface area contributed by atoms with Crippen molar-refractivity contribution < 1.29 is 26.7 Å². The summed E-state index contributed by atoms with van der Waals surface area (Å²) in [5.74, 6) is -0.485. The Balaban J connectivity index is 0.00000242. The van der Waals surface area contributed by atoms with Gasteiger partial charge in [0.15, 0.2) is 0 Å². The Bertz CT molecular complexity index is 470. The SMILES string of the molecule is Cl.Cl.FC(F)[C@H](c1cccc(OC(F)(F)F)c1)N1CCNCC1. The summed E-state index contributed by atoms with van der Waals surface area (Å²) in [5.41, 5.74) is 0.119. The average molecular weight is 383 g/mol. The highest BCUT2D eigenvalue weighted by Gasteiger charge is 2.33. The predicted octanol–water partition coefficient (Wildman–Crippen LogP) is 3.64. The molecule has 0 saturated carbocycles. The third-order valence-corrected chi connectivity index (χ3v) is 3.22. The normalized spacial score (nSPS) is 17.1. The largest absolute Gasteiger partial charge is 0.573 e. The molecule has 0 aliphatic carbocycles. The Morgan fingerprint density at radius 3 is 2.22 bits per heavy atom.